The molecule has 0 aliphatic heterocycles. The van der Waals surface area contributed by atoms with Gasteiger partial charge in [-0.2, -0.15) is 0 Å². The molecule has 0 bridgehead atoms. The van der Waals surface area contributed by atoms with Crippen molar-refractivity contribution >= 4 is 85.0 Å². The molecule has 4 aromatic heterocycles. The van der Waals surface area contributed by atoms with Crippen LogP contribution >= 0.6 is 15.9 Å². The van der Waals surface area contributed by atoms with Crippen molar-refractivity contribution in [3.63, 3.8) is 0 Å². The number of fused-ring (bicyclic) bond motifs is 1. The molecule has 258 valence electrons. The molecule has 0 radical (unpaired) electrons. The summed E-state index contributed by atoms with van der Waals surface area (Å²) in [5, 5.41) is 21.5. The van der Waals surface area contributed by atoms with Gasteiger partial charge in [0.2, 0.25) is 0 Å². The smallest absolute Gasteiger partial charge is 0.291 e. The molecule has 0 spiro atoms. The zero-order valence-corrected chi connectivity index (χ0v) is 28.7. The topological polar surface area (TPSA) is 256 Å². The summed E-state index contributed by atoms with van der Waals surface area (Å²) in [4.78, 5) is 72.4. The van der Waals surface area contributed by atoms with Gasteiger partial charge in [-0.15, -0.1) is 0 Å². The van der Waals surface area contributed by atoms with Crippen molar-refractivity contribution in [2.24, 2.45) is 5.73 Å². The van der Waals surface area contributed by atoms with Gasteiger partial charge in [0.1, 0.15) is 22.7 Å². The third kappa shape index (κ3) is 7.52. The van der Waals surface area contributed by atoms with Gasteiger partial charge in [-0.25, -0.2) is 0 Å². The Morgan fingerprint density at radius 3 is 1.78 bits per heavy atom. The number of amides is 5. The molecular formula is C33H33BrN10O6. The molecule has 17 heteroatoms. The van der Waals surface area contributed by atoms with Crippen molar-refractivity contribution < 1.29 is 28.4 Å². The van der Waals surface area contributed by atoms with Crippen LogP contribution in [-0.2, 0) is 4.79 Å². The summed E-state index contributed by atoms with van der Waals surface area (Å²) in [6.07, 6.45) is 4.67. The zero-order valence-electron chi connectivity index (χ0n) is 27.1. The summed E-state index contributed by atoms with van der Waals surface area (Å²) in [7, 11) is 0. The molecule has 5 amide bonds. The third-order valence-corrected chi connectivity index (χ3v) is 8.13. The third-order valence-electron chi connectivity index (χ3n) is 7.77. The average Bonchev–Trinajstić information content (AvgIpc) is 3.83. The van der Waals surface area contributed by atoms with E-state index in [-0.39, 0.29) is 46.1 Å². The SMILES string of the molecule is C=C(Br)C(=O)Nc1ccc2oc(C(=O)Nc3c[nH]c(C(=O)Nc4c[nH]c(C(=O)Nc5c[nH]c(C(=O)NCCC(=N)N)c5C)c4C)c3C)cc2c1. The largest absolute Gasteiger partial charge is 0.451 e. The number of furan rings is 1. The second-order valence-electron chi connectivity index (χ2n) is 11.2. The Hall–Kier alpha value is -6.36. The Labute approximate surface area is 292 Å². The van der Waals surface area contributed by atoms with E-state index >= 15 is 0 Å². The van der Waals surface area contributed by atoms with E-state index in [2.05, 4.69) is 64.0 Å². The van der Waals surface area contributed by atoms with Gasteiger partial charge in [-0.05, 0) is 61.0 Å². The normalized spacial score (nSPS) is 10.8. The Morgan fingerprint density at radius 2 is 1.28 bits per heavy atom. The van der Waals surface area contributed by atoms with Gasteiger partial charge < -0.3 is 51.7 Å². The molecule has 0 aliphatic rings. The molecule has 50 heavy (non-hydrogen) atoms. The van der Waals surface area contributed by atoms with Crippen molar-refractivity contribution in [2.75, 3.05) is 27.8 Å². The number of rotatable bonds is 12. The predicted octanol–water partition coefficient (Wildman–Crippen LogP) is 5.00. The van der Waals surface area contributed by atoms with Crippen LogP contribution in [-0.4, -0.2) is 56.9 Å². The Balaban J connectivity index is 1.21. The number of carbonyl (C=O) groups excluding carboxylic acids is 5. The fourth-order valence-corrected chi connectivity index (χ4v) is 5.07. The maximum atomic E-state index is 13.2. The molecule has 1 aromatic carbocycles. The number of hydrogen-bond acceptors (Lipinski definition) is 7. The molecule has 4 heterocycles. The van der Waals surface area contributed by atoms with Gasteiger partial charge >= 0.3 is 0 Å². The number of nitrogens with two attached hydrogens (primary N) is 1. The van der Waals surface area contributed by atoms with Gasteiger partial charge in [-0.1, -0.05) is 6.58 Å². The number of aromatic nitrogens is 3. The van der Waals surface area contributed by atoms with Crippen LogP contribution in [0.15, 0.2) is 58.3 Å². The van der Waals surface area contributed by atoms with E-state index in [0.29, 0.717) is 50.4 Å². The van der Waals surface area contributed by atoms with Crippen molar-refractivity contribution in [1.82, 2.24) is 20.3 Å². The highest BCUT2D eigenvalue weighted by Crippen LogP contribution is 2.27. The summed E-state index contributed by atoms with van der Waals surface area (Å²) in [6.45, 7) is 8.73. The molecule has 0 fully saturated rings. The number of aromatic amines is 3. The van der Waals surface area contributed by atoms with E-state index in [1.165, 1.54) is 24.7 Å². The quantitative estimate of drug-likeness (QED) is 0.0474. The monoisotopic (exact) mass is 744 g/mol. The zero-order chi connectivity index (χ0) is 36.3. The van der Waals surface area contributed by atoms with Gasteiger partial charge in [0.15, 0.2) is 5.76 Å². The predicted molar refractivity (Wildman–Crippen MR) is 192 cm³/mol. The lowest BCUT2D eigenvalue weighted by atomic mass is 10.2. The molecule has 0 atom stereocenters. The van der Waals surface area contributed by atoms with Gasteiger partial charge in [0, 0.05) is 59.3 Å². The first kappa shape index (κ1) is 35.0. The lowest BCUT2D eigenvalue weighted by molar-refractivity contribution is -0.112. The van der Waals surface area contributed by atoms with Crippen molar-refractivity contribution in [3.8, 4) is 0 Å². The number of carbonyl (C=O) groups is 5. The molecule has 0 saturated carbocycles. The van der Waals surface area contributed by atoms with Crippen LogP contribution in [0.4, 0.5) is 22.7 Å². The molecule has 0 saturated heterocycles. The van der Waals surface area contributed by atoms with E-state index in [1.807, 2.05) is 0 Å². The Bertz CT molecular complexity index is 2200. The van der Waals surface area contributed by atoms with Crippen LogP contribution in [0.1, 0.15) is 65.1 Å². The van der Waals surface area contributed by atoms with E-state index in [9.17, 15) is 24.0 Å². The lowest BCUT2D eigenvalue weighted by Gasteiger charge is -2.07. The van der Waals surface area contributed by atoms with E-state index < -0.39 is 29.5 Å². The lowest BCUT2D eigenvalue weighted by Crippen LogP contribution is -2.28. The number of H-pyrrole nitrogens is 3. The van der Waals surface area contributed by atoms with Crippen molar-refractivity contribution in [2.45, 2.75) is 27.2 Å². The average molecular weight is 746 g/mol. The van der Waals surface area contributed by atoms with Crippen molar-refractivity contribution in [1.29, 1.82) is 5.41 Å². The van der Waals surface area contributed by atoms with Crippen LogP contribution in [0.2, 0.25) is 0 Å². The van der Waals surface area contributed by atoms with Crippen LogP contribution in [0.5, 0.6) is 0 Å². The second-order valence-corrected chi connectivity index (χ2v) is 12.2. The summed E-state index contributed by atoms with van der Waals surface area (Å²) in [6, 6.07) is 6.45. The fraction of sp³-hybridized carbons (Fsp3) is 0.152. The minimum absolute atomic E-state index is 0.0210. The molecule has 5 aromatic rings. The second kappa shape index (κ2) is 14.4. The summed E-state index contributed by atoms with van der Waals surface area (Å²) in [5.41, 5.74) is 9.42. The first-order valence-electron chi connectivity index (χ1n) is 15.0. The number of amidine groups is 1. The summed E-state index contributed by atoms with van der Waals surface area (Å²) < 4.78 is 5.86. The molecule has 0 unspecified atom stereocenters. The Kier molecular flexibility index (Phi) is 10.1. The van der Waals surface area contributed by atoms with Crippen LogP contribution < -0.4 is 32.3 Å². The van der Waals surface area contributed by atoms with Gasteiger partial charge in [-0.3, -0.25) is 29.4 Å². The van der Waals surface area contributed by atoms with Crippen LogP contribution in [0.3, 0.4) is 0 Å². The van der Waals surface area contributed by atoms with Gasteiger partial charge in [0.05, 0.1) is 27.4 Å². The standard InChI is InChI=1S/C33H33BrN10O6/c1-14-21(12-38-26(14)31(47)37-8-7-25(35)36)43-33(49)28-16(3)22(13-40-28)44-32(48)27-15(2)20(11-39-27)42-30(46)24-10-18-9-19(5-6-23(18)50-24)41-29(45)17(4)34/h5-6,9-13,38-40H,4,7-8H2,1-3H3,(H3,35,36)(H,37,47)(H,41,45)(H,42,46)(H,43,49)(H,44,48). The highest BCUT2D eigenvalue weighted by Gasteiger charge is 2.22. The molecule has 16 nitrogen and oxygen atoms in total. The molecule has 5 rings (SSSR count). The highest BCUT2D eigenvalue weighted by atomic mass is 79.9. The molecular weight excluding hydrogens is 712 g/mol. The fourth-order valence-electron chi connectivity index (χ4n) is 4.97. The number of halogens is 1. The Morgan fingerprint density at radius 1 is 0.780 bits per heavy atom. The molecule has 0 aliphatic carbocycles. The van der Waals surface area contributed by atoms with Crippen LogP contribution in [0, 0.1) is 26.2 Å². The summed E-state index contributed by atoms with van der Waals surface area (Å²) in [5.74, 6) is -2.39. The number of hydrogen-bond donors (Lipinski definition) is 10. The number of benzene rings is 1. The highest BCUT2D eigenvalue weighted by molar-refractivity contribution is 9.12. The molecule has 11 N–H and O–H groups in total. The van der Waals surface area contributed by atoms with E-state index in [4.69, 9.17) is 15.6 Å². The van der Waals surface area contributed by atoms with E-state index in [1.54, 1.807) is 39.0 Å². The number of anilines is 4. The summed E-state index contributed by atoms with van der Waals surface area (Å²) >= 11 is 3.03. The van der Waals surface area contributed by atoms with E-state index in [0.717, 1.165) is 0 Å². The van der Waals surface area contributed by atoms with Crippen LogP contribution in [0.25, 0.3) is 11.0 Å². The minimum Gasteiger partial charge on any atom is -0.451 e. The number of nitrogens with one attached hydrogen (secondary N) is 9. The first-order valence-corrected chi connectivity index (χ1v) is 15.8. The maximum Gasteiger partial charge on any atom is 0.291 e. The minimum atomic E-state index is -0.551. The maximum absolute atomic E-state index is 13.2. The first-order chi connectivity index (χ1) is 23.7. The van der Waals surface area contributed by atoms with Gasteiger partial charge in [0.25, 0.3) is 29.5 Å². The van der Waals surface area contributed by atoms with Crippen molar-refractivity contribution in [3.05, 3.63) is 93.4 Å².